The fraction of sp³-hybridized carbons (Fsp3) is 0.667. The van der Waals surface area contributed by atoms with E-state index in [1.165, 1.54) is 4.90 Å². The molecule has 0 aliphatic carbocycles. The summed E-state index contributed by atoms with van der Waals surface area (Å²) in [5, 5.41) is 3.40. The summed E-state index contributed by atoms with van der Waals surface area (Å²) in [5.74, 6) is -0.222. The van der Waals surface area contributed by atoms with Gasteiger partial charge in [-0.05, 0) is 58.2 Å². The van der Waals surface area contributed by atoms with Gasteiger partial charge in [-0.3, -0.25) is 9.69 Å². The first-order chi connectivity index (χ1) is 15.7. The number of halogens is 3. The van der Waals surface area contributed by atoms with E-state index in [4.69, 9.17) is 4.74 Å². The van der Waals surface area contributed by atoms with Crippen molar-refractivity contribution in [2.24, 2.45) is 0 Å². The van der Waals surface area contributed by atoms with Gasteiger partial charge in [0.2, 0.25) is 0 Å². The molecule has 1 aliphatic rings. The van der Waals surface area contributed by atoms with Crippen LogP contribution in [0.15, 0.2) is 18.2 Å². The van der Waals surface area contributed by atoms with Crippen LogP contribution >= 0.6 is 0 Å². The lowest BCUT2D eigenvalue weighted by atomic mass is 10.1. The Kier molecular flexibility index (Phi) is 9.61. The summed E-state index contributed by atoms with van der Waals surface area (Å²) >= 11 is 0. The molecule has 10 heteroatoms. The van der Waals surface area contributed by atoms with E-state index < -0.39 is 24.0 Å². The molecule has 0 bridgehead atoms. The zero-order chi connectivity index (χ0) is 25.5. The van der Waals surface area contributed by atoms with Crippen LogP contribution in [0.2, 0.25) is 0 Å². The number of piperazine rings is 1. The first-order valence-electron chi connectivity index (χ1n) is 11.5. The maximum atomic E-state index is 12.6. The van der Waals surface area contributed by atoms with E-state index in [2.05, 4.69) is 21.0 Å². The molecule has 1 heterocycles. The number of hydrogen-bond acceptors (Lipinski definition) is 6. The van der Waals surface area contributed by atoms with Crippen LogP contribution in [0.25, 0.3) is 0 Å². The summed E-state index contributed by atoms with van der Waals surface area (Å²) < 4.78 is 47.8. The average molecular weight is 488 g/mol. The molecule has 1 N–H and O–H groups in total. The number of aryl methyl sites for hydroxylation is 1. The van der Waals surface area contributed by atoms with Gasteiger partial charge in [0.05, 0.1) is 0 Å². The molecule has 1 fully saturated rings. The molecule has 1 atom stereocenters. The first-order valence-corrected chi connectivity index (χ1v) is 11.5. The van der Waals surface area contributed by atoms with Gasteiger partial charge >= 0.3 is 18.2 Å². The molecule has 1 aromatic rings. The van der Waals surface area contributed by atoms with Crippen LogP contribution in [0.4, 0.5) is 23.7 Å². The third-order valence-corrected chi connectivity index (χ3v) is 5.32. The number of benzene rings is 1. The number of carbonyl (C=O) groups excluding carboxylic acids is 2. The minimum Gasteiger partial charge on any atom is -0.460 e. The molecule has 192 valence electrons. The van der Waals surface area contributed by atoms with E-state index >= 15 is 0 Å². The highest BCUT2D eigenvalue weighted by Gasteiger charge is 2.40. The van der Waals surface area contributed by atoms with Gasteiger partial charge in [0.1, 0.15) is 5.60 Å². The monoisotopic (exact) mass is 487 g/mol. The van der Waals surface area contributed by atoms with Gasteiger partial charge in [-0.15, -0.1) is 0 Å². The van der Waals surface area contributed by atoms with E-state index in [0.717, 1.165) is 23.7 Å². The van der Waals surface area contributed by atoms with Crippen molar-refractivity contribution in [1.82, 2.24) is 9.80 Å². The van der Waals surface area contributed by atoms with Crippen LogP contribution < -0.4 is 5.32 Å². The largest absolute Gasteiger partial charge is 0.460 e. The second-order valence-corrected chi connectivity index (χ2v) is 9.61. The average Bonchev–Trinajstić information content (AvgIpc) is 2.71. The van der Waals surface area contributed by atoms with Crippen molar-refractivity contribution in [3.63, 3.8) is 0 Å². The molecular weight excluding hydrogens is 451 g/mol. The second kappa shape index (κ2) is 11.8. The Morgan fingerprint density at radius 3 is 2.35 bits per heavy atom. The summed E-state index contributed by atoms with van der Waals surface area (Å²) in [6, 6.07) is 6.11. The Balaban J connectivity index is 1.84. The van der Waals surface area contributed by atoms with Gasteiger partial charge in [0, 0.05) is 51.4 Å². The number of amides is 1. The fourth-order valence-electron chi connectivity index (χ4n) is 3.46. The zero-order valence-corrected chi connectivity index (χ0v) is 20.6. The van der Waals surface area contributed by atoms with E-state index in [-0.39, 0.29) is 5.97 Å². The minimum absolute atomic E-state index is 0.222. The molecule has 1 unspecified atom stereocenters. The summed E-state index contributed by atoms with van der Waals surface area (Å²) in [7, 11) is 0. The van der Waals surface area contributed by atoms with Gasteiger partial charge in [-0.1, -0.05) is 12.1 Å². The topological polar surface area (TPSA) is 71.1 Å². The maximum Gasteiger partial charge on any atom is 0.425 e. The van der Waals surface area contributed by atoms with Crippen LogP contribution in [-0.4, -0.2) is 72.5 Å². The van der Waals surface area contributed by atoms with Gasteiger partial charge in [0.15, 0.2) is 6.10 Å². The lowest BCUT2D eigenvalue weighted by molar-refractivity contribution is -0.200. The van der Waals surface area contributed by atoms with Gasteiger partial charge < -0.3 is 19.7 Å². The van der Waals surface area contributed by atoms with Crippen LogP contribution in [0.1, 0.15) is 51.7 Å². The lowest BCUT2D eigenvalue weighted by Crippen LogP contribution is -2.49. The highest BCUT2D eigenvalue weighted by molar-refractivity contribution is 5.70. The third kappa shape index (κ3) is 9.40. The van der Waals surface area contributed by atoms with Crippen molar-refractivity contribution in [3.05, 3.63) is 29.3 Å². The van der Waals surface area contributed by atoms with Crippen molar-refractivity contribution in [2.75, 3.05) is 38.0 Å². The highest BCUT2D eigenvalue weighted by atomic mass is 19.4. The highest BCUT2D eigenvalue weighted by Crippen LogP contribution is 2.24. The number of anilines is 1. The van der Waals surface area contributed by atoms with E-state index in [9.17, 15) is 22.8 Å². The molecule has 34 heavy (non-hydrogen) atoms. The van der Waals surface area contributed by atoms with Gasteiger partial charge in [-0.2, -0.15) is 13.2 Å². The molecule has 0 saturated carbocycles. The number of nitrogens with one attached hydrogen (secondary N) is 1. The van der Waals surface area contributed by atoms with Gasteiger partial charge in [0.25, 0.3) is 0 Å². The number of rotatable bonds is 8. The number of nitrogens with zero attached hydrogens (tertiary/aromatic N) is 2. The Bertz CT molecular complexity index is 832. The number of hydrogen-bond donors (Lipinski definition) is 1. The molecule has 1 aliphatic heterocycles. The summed E-state index contributed by atoms with van der Waals surface area (Å²) in [6.07, 6.45) is -6.67. The van der Waals surface area contributed by atoms with E-state index in [1.807, 2.05) is 39.8 Å². The molecule has 0 aromatic heterocycles. The predicted molar refractivity (Wildman–Crippen MR) is 124 cm³/mol. The molecule has 1 amide bonds. The summed E-state index contributed by atoms with van der Waals surface area (Å²) in [4.78, 5) is 27.4. The van der Waals surface area contributed by atoms with Gasteiger partial charge in [-0.25, -0.2) is 4.79 Å². The Morgan fingerprint density at radius 1 is 1.12 bits per heavy atom. The Morgan fingerprint density at radius 2 is 1.76 bits per heavy atom. The third-order valence-electron chi connectivity index (χ3n) is 5.32. The molecule has 2 rings (SSSR count). The molecule has 1 aromatic carbocycles. The number of esters is 1. The first kappa shape index (κ1) is 27.8. The Hall–Kier alpha value is -2.49. The molecule has 1 saturated heterocycles. The van der Waals surface area contributed by atoms with Crippen molar-refractivity contribution in [1.29, 1.82) is 0 Å². The quantitative estimate of drug-likeness (QED) is 0.422. The Labute approximate surface area is 199 Å². The zero-order valence-electron chi connectivity index (χ0n) is 20.6. The second-order valence-electron chi connectivity index (χ2n) is 9.61. The van der Waals surface area contributed by atoms with E-state index in [1.54, 1.807) is 0 Å². The number of carbonyl (C=O) groups is 2. The van der Waals surface area contributed by atoms with Crippen molar-refractivity contribution >= 4 is 17.7 Å². The SMILES string of the molecule is Cc1ccc(CN2CCN(C(=O)OC(C)C(F)(F)F)CC2)c(NCCCC(=O)OC(C)(C)C)c1. The summed E-state index contributed by atoms with van der Waals surface area (Å²) in [6.45, 7) is 11.3. The normalized spacial score (nSPS) is 16.2. The smallest absolute Gasteiger partial charge is 0.425 e. The van der Waals surface area contributed by atoms with Crippen LogP contribution in [0.3, 0.4) is 0 Å². The standard InChI is InChI=1S/C24H36F3N3O4/c1-17-8-9-19(20(15-17)28-10-6-7-21(31)34-23(3,4)5)16-29-11-13-30(14-12-29)22(32)33-18(2)24(25,26)27/h8-9,15,18,28H,6-7,10-14,16H2,1-5H3. The molecule has 0 spiro atoms. The molecular formula is C24H36F3N3O4. The van der Waals surface area contributed by atoms with Crippen LogP contribution in [-0.2, 0) is 20.8 Å². The molecule has 0 radical (unpaired) electrons. The summed E-state index contributed by atoms with van der Waals surface area (Å²) in [5.41, 5.74) is 2.66. The lowest BCUT2D eigenvalue weighted by Gasteiger charge is -2.35. The minimum atomic E-state index is -4.57. The maximum absolute atomic E-state index is 12.6. The van der Waals surface area contributed by atoms with Crippen molar-refractivity contribution in [3.8, 4) is 0 Å². The fourth-order valence-corrected chi connectivity index (χ4v) is 3.46. The van der Waals surface area contributed by atoms with E-state index in [0.29, 0.717) is 52.1 Å². The van der Waals surface area contributed by atoms with Crippen LogP contribution in [0.5, 0.6) is 0 Å². The van der Waals surface area contributed by atoms with Crippen LogP contribution in [0, 0.1) is 6.92 Å². The van der Waals surface area contributed by atoms with Crippen molar-refractivity contribution in [2.45, 2.75) is 71.9 Å². The number of ether oxygens (including phenoxy) is 2. The van der Waals surface area contributed by atoms with Crippen molar-refractivity contribution < 1.29 is 32.2 Å². The molecule has 7 nitrogen and oxygen atoms in total. The number of alkyl halides is 3. The predicted octanol–water partition coefficient (Wildman–Crippen LogP) is 4.73.